The number of amides is 1. The van der Waals surface area contributed by atoms with Crippen LogP contribution >= 0.6 is 0 Å². The van der Waals surface area contributed by atoms with Crippen LogP contribution in [-0.4, -0.2) is 33.2 Å². The van der Waals surface area contributed by atoms with Crippen LogP contribution in [0.4, 0.5) is 21.7 Å². The van der Waals surface area contributed by atoms with Crippen LogP contribution in [-0.2, 0) is 6.42 Å². The van der Waals surface area contributed by atoms with E-state index in [1.165, 1.54) is 0 Å². The Labute approximate surface area is 168 Å². The van der Waals surface area contributed by atoms with Crippen molar-refractivity contribution in [1.29, 1.82) is 0 Å². The minimum atomic E-state index is -0.776. The second kappa shape index (κ2) is 8.44. The zero-order valence-corrected chi connectivity index (χ0v) is 16.7. The molecule has 0 saturated heterocycles. The van der Waals surface area contributed by atoms with Gasteiger partial charge in [0.15, 0.2) is 11.6 Å². The van der Waals surface area contributed by atoms with Crippen molar-refractivity contribution in [3.8, 4) is 0 Å². The zero-order chi connectivity index (χ0) is 21.1. The molecule has 2 atom stereocenters. The number of pyridine rings is 1. The summed E-state index contributed by atoms with van der Waals surface area (Å²) in [4.78, 5) is 16.1. The molecule has 0 aliphatic heterocycles. The van der Waals surface area contributed by atoms with Crippen LogP contribution in [0.5, 0.6) is 0 Å². The van der Waals surface area contributed by atoms with Gasteiger partial charge >= 0.3 is 0 Å². The third-order valence-electron chi connectivity index (χ3n) is 4.97. The first-order valence-corrected chi connectivity index (χ1v) is 9.60. The van der Waals surface area contributed by atoms with Gasteiger partial charge < -0.3 is 22.1 Å². The highest BCUT2D eigenvalue weighted by molar-refractivity contribution is 5.99. The Morgan fingerprint density at radius 1 is 1.28 bits per heavy atom. The molecule has 0 aliphatic rings. The molecule has 2 aromatic heterocycles. The number of carbonyl (C=O) groups excluding carboxylic acids is 1. The lowest BCUT2D eigenvalue weighted by Gasteiger charge is -2.21. The number of primary amides is 1. The maximum Gasteiger partial charge on any atom is 0.252 e. The molecule has 0 bridgehead atoms. The highest BCUT2D eigenvalue weighted by atomic mass is 19.1. The highest BCUT2D eigenvalue weighted by Gasteiger charge is 2.19. The number of benzene rings is 1. The second-order valence-corrected chi connectivity index (χ2v) is 7.00. The van der Waals surface area contributed by atoms with E-state index in [2.05, 4.69) is 25.8 Å². The topological polar surface area (TPSA) is 135 Å². The van der Waals surface area contributed by atoms with Gasteiger partial charge in [0.05, 0.1) is 11.1 Å². The van der Waals surface area contributed by atoms with Crippen LogP contribution in [0.25, 0.3) is 10.9 Å². The molecule has 29 heavy (non-hydrogen) atoms. The lowest BCUT2D eigenvalue weighted by molar-refractivity contribution is 0.100. The molecule has 0 aliphatic carbocycles. The van der Waals surface area contributed by atoms with E-state index in [4.69, 9.17) is 11.5 Å². The Bertz CT molecular complexity index is 1030. The first-order chi connectivity index (χ1) is 13.8. The number of hydrogen-bond acceptors (Lipinski definition) is 6. The summed E-state index contributed by atoms with van der Waals surface area (Å²) in [5.74, 6) is -1.27. The van der Waals surface area contributed by atoms with E-state index in [1.807, 2.05) is 32.9 Å². The Hall–Kier alpha value is -3.20. The maximum atomic E-state index is 14.5. The van der Waals surface area contributed by atoms with E-state index in [-0.39, 0.29) is 29.3 Å². The molecule has 0 spiro atoms. The van der Waals surface area contributed by atoms with E-state index in [9.17, 15) is 9.18 Å². The molecule has 0 fully saturated rings. The van der Waals surface area contributed by atoms with Crippen LogP contribution in [0, 0.1) is 5.82 Å². The van der Waals surface area contributed by atoms with Gasteiger partial charge in [-0.05, 0) is 44.0 Å². The molecule has 9 heteroatoms. The number of nitrogens with two attached hydrogens (primary N) is 2. The monoisotopic (exact) mass is 399 g/mol. The fraction of sp³-hybridized carbons (Fsp3) is 0.350. The fourth-order valence-electron chi connectivity index (χ4n) is 3.10. The summed E-state index contributed by atoms with van der Waals surface area (Å²) >= 11 is 0. The number of hydrogen-bond donors (Lipinski definition) is 5. The maximum absolute atomic E-state index is 14.5. The van der Waals surface area contributed by atoms with Crippen LogP contribution in [0.1, 0.15) is 43.2 Å². The summed E-state index contributed by atoms with van der Waals surface area (Å²) in [5.41, 5.74) is 13.9. The SMILES string of the molecule is CCc1[nH]nc2ccc(Nc3nc(N[C@H](C)[C@@H](N)CC)c(F)cc3C(N)=O)cc12. The Kier molecular flexibility index (Phi) is 5.97. The molecule has 3 aromatic rings. The van der Waals surface area contributed by atoms with Gasteiger partial charge in [0.2, 0.25) is 0 Å². The lowest BCUT2D eigenvalue weighted by atomic mass is 10.1. The number of halogens is 1. The Morgan fingerprint density at radius 2 is 2.03 bits per heavy atom. The van der Waals surface area contributed by atoms with Gasteiger partial charge in [-0.1, -0.05) is 13.8 Å². The molecule has 8 nitrogen and oxygen atoms in total. The van der Waals surface area contributed by atoms with Gasteiger partial charge in [0.25, 0.3) is 5.91 Å². The average Bonchev–Trinajstić information content (AvgIpc) is 3.11. The fourth-order valence-corrected chi connectivity index (χ4v) is 3.10. The number of anilines is 3. The molecule has 0 radical (unpaired) electrons. The summed E-state index contributed by atoms with van der Waals surface area (Å²) in [6.45, 7) is 5.83. The summed E-state index contributed by atoms with van der Waals surface area (Å²) in [5, 5.41) is 14.3. The van der Waals surface area contributed by atoms with Crippen molar-refractivity contribution in [2.24, 2.45) is 11.5 Å². The minimum absolute atomic E-state index is 0.00698. The molecule has 1 aromatic carbocycles. The number of nitrogens with zero attached hydrogens (tertiary/aromatic N) is 2. The Morgan fingerprint density at radius 3 is 2.69 bits per heavy atom. The van der Waals surface area contributed by atoms with Crippen molar-refractivity contribution in [2.75, 3.05) is 10.6 Å². The van der Waals surface area contributed by atoms with Crippen LogP contribution in [0.2, 0.25) is 0 Å². The molecule has 0 unspecified atom stereocenters. The Balaban J connectivity index is 1.98. The second-order valence-electron chi connectivity index (χ2n) is 7.00. The molecule has 154 valence electrons. The van der Waals surface area contributed by atoms with Gasteiger partial charge in [0, 0.05) is 28.9 Å². The predicted octanol–water partition coefficient (Wildman–Crippen LogP) is 3.04. The van der Waals surface area contributed by atoms with Crippen molar-refractivity contribution >= 4 is 34.1 Å². The molecular weight excluding hydrogens is 373 g/mol. The summed E-state index contributed by atoms with van der Waals surface area (Å²) in [6.07, 6.45) is 1.52. The van der Waals surface area contributed by atoms with Crippen LogP contribution < -0.4 is 22.1 Å². The first-order valence-electron chi connectivity index (χ1n) is 9.60. The standard InChI is InChI=1S/C20H26FN7O/c1-4-15(22)10(3)24-20-14(21)9-13(18(23)29)19(26-20)25-11-6-7-17-12(8-11)16(5-2)27-28-17/h6-10,15H,4-5,22H2,1-3H3,(H2,23,29)(H,27,28)(H2,24,25,26)/t10-,15+/m1/s1. The highest BCUT2D eigenvalue weighted by Crippen LogP contribution is 2.27. The van der Waals surface area contributed by atoms with E-state index < -0.39 is 11.7 Å². The van der Waals surface area contributed by atoms with Crippen LogP contribution in [0.3, 0.4) is 0 Å². The number of fused-ring (bicyclic) bond motifs is 1. The number of aromatic amines is 1. The van der Waals surface area contributed by atoms with Crippen LogP contribution in [0.15, 0.2) is 24.3 Å². The molecule has 2 heterocycles. The first kappa shape index (κ1) is 20.5. The smallest absolute Gasteiger partial charge is 0.252 e. The van der Waals surface area contributed by atoms with Gasteiger partial charge in [-0.15, -0.1) is 0 Å². The third kappa shape index (κ3) is 4.29. The number of carbonyl (C=O) groups is 1. The van der Waals surface area contributed by atoms with E-state index in [0.29, 0.717) is 5.69 Å². The van der Waals surface area contributed by atoms with E-state index >= 15 is 0 Å². The summed E-state index contributed by atoms with van der Waals surface area (Å²) in [6, 6.07) is 6.26. The summed E-state index contributed by atoms with van der Waals surface area (Å²) < 4.78 is 14.5. The van der Waals surface area contributed by atoms with Gasteiger partial charge in [-0.3, -0.25) is 9.89 Å². The number of nitrogens with one attached hydrogen (secondary N) is 3. The quantitative estimate of drug-likeness (QED) is 0.395. The normalized spacial score (nSPS) is 13.3. The summed E-state index contributed by atoms with van der Waals surface area (Å²) in [7, 11) is 0. The van der Waals surface area contributed by atoms with E-state index in [0.717, 1.165) is 35.5 Å². The molecule has 0 saturated carbocycles. The molecule has 7 N–H and O–H groups in total. The number of H-pyrrole nitrogens is 1. The van der Waals surface area contributed by atoms with Crippen molar-refractivity contribution < 1.29 is 9.18 Å². The zero-order valence-electron chi connectivity index (χ0n) is 16.7. The van der Waals surface area contributed by atoms with Crippen molar-refractivity contribution in [3.05, 3.63) is 41.3 Å². The largest absolute Gasteiger partial charge is 0.365 e. The van der Waals surface area contributed by atoms with E-state index in [1.54, 1.807) is 6.07 Å². The van der Waals surface area contributed by atoms with Gasteiger partial charge in [-0.2, -0.15) is 5.10 Å². The number of aromatic nitrogens is 3. The molecular formula is C20H26FN7O. The van der Waals surface area contributed by atoms with Crippen molar-refractivity contribution in [3.63, 3.8) is 0 Å². The minimum Gasteiger partial charge on any atom is -0.365 e. The predicted molar refractivity (Wildman–Crippen MR) is 113 cm³/mol. The number of rotatable bonds is 8. The van der Waals surface area contributed by atoms with Crippen molar-refractivity contribution in [1.82, 2.24) is 15.2 Å². The van der Waals surface area contributed by atoms with Crippen molar-refractivity contribution in [2.45, 2.75) is 45.7 Å². The molecule has 1 amide bonds. The molecule has 3 rings (SSSR count). The third-order valence-corrected chi connectivity index (χ3v) is 4.97. The van der Waals surface area contributed by atoms with Gasteiger partial charge in [-0.25, -0.2) is 9.37 Å². The lowest BCUT2D eigenvalue weighted by Crippen LogP contribution is -2.38. The average molecular weight is 399 g/mol. The van der Waals surface area contributed by atoms with Gasteiger partial charge in [0.1, 0.15) is 5.82 Å². The number of aryl methyl sites for hydroxylation is 1.